The smallest absolute Gasteiger partial charge is 0.416 e. The SMILES string of the molecule is COC(=O)CC(C)(OCC1(c2ccccc2)CCN(C(=O)OC(C)(C)C)CC1)c1cc(C(F)(F)F)cc(C(F)(F)F)c1. The summed E-state index contributed by atoms with van der Waals surface area (Å²) in [6.07, 6.45) is -10.6. The summed E-state index contributed by atoms with van der Waals surface area (Å²) in [5, 5.41) is 0. The van der Waals surface area contributed by atoms with Gasteiger partial charge in [-0.3, -0.25) is 4.79 Å². The van der Waals surface area contributed by atoms with Crippen molar-refractivity contribution in [2.45, 2.75) is 75.9 Å². The molecular weight excluding hydrogens is 568 g/mol. The minimum atomic E-state index is -5.08. The molecule has 3 rings (SSSR count). The zero-order chi connectivity index (χ0) is 31.6. The van der Waals surface area contributed by atoms with Crippen LogP contribution in [0.2, 0.25) is 0 Å². The van der Waals surface area contributed by atoms with Crippen molar-refractivity contribution in [2.24, 2.45) is 0 Å². The molecule has 42 heavy (non-hydrogen) atoms. The lowest BCUT2D eigenvalue weighted by Crippen LogP contribution is -2.49. The number of carbonyl (C=O) groups is 2. The molecule has 2 aromatic rings. The number of nitrogens with zero attached hydrogens (tertiary/aromatic N) is 1. The summed E-state index contributed by atoms with van der Waals surface area (Å²) in [5.74, 6) is -0.878. The van der Waals surface area contributed by atoms with Gasteiger partial charge < -0.3 is 19.1 Å². The van der Waals surface area contributed by atoms with E-state index in [1.54, 1.807) is 43.9 Å². The minimum Gasteiger partial charge on any atom is -0.469 e. The van der Waals surface area contributed by atoms with Crippen molar-refractivity contribution in [3.8, 4) is 0 Å². The fourth-order valence-electron chi connectivity index (χ4n) is 4.89. The third-order valence-corrected chi connectivity index (χ3v) is 7.33. The van der Waals surface area contributed by atoms with E-state index in [2.05, 4.69) is 0 Å². The van der Waals surface area contributed by atoms with Crippen molar-refractivity contribution in [3.05, 3.63) is 70.8 Å². The summed E-state index contributed by atoms with van der Waals surface area (Å²) >= 11 is 0. The second kappa shape index (κ2) is 12.1. The number of amides is 1. The van der Waals surface area contributed by atoms with E-state index in [4.69, 9.17) is 14.2 Å². The maximum absolute atomic E-state index is 13.7. The van der Waals surface area contributed by atoms with Crippen LogP contribution in [-0.2, 0) is 42.4 Å². The molecule has 1 saturated heterocycles. The number of hydrogen-bond acceptors (Lipinski definition) is 5. The molecule has 1 atom stereocenters. The maximum Gasteiger partial charge on any atom is 0.416 e. The first-order valence-electron chi connectivity index (χ1n) is 13.3. The first-order chi connectivity index (χ1) is 19.3. The van der Waals surface area contributed by atoms with Crippen molar-refractivity contribution >= 4 is 12.1 Å². The molecule has 0 aliphatic carbocycles. The van der Waals surface area contributed by atoms with Crippen molar-refractivity contribution in [3.63, 3.8) is 0 Å². The Labute approximate surface area is 240 Å². The number of hydrogen-bond donors (Lipinski definition) is 0. The molecule has 2 aromatic carbocycles. The number of methoxy groups -OCH3 is 1. The van der Waals surface area contributed by atoms with Crippen LogP contribution < -0.4 is 0 Å². The molecule has 0 aromatic heterocycles. The summed E-state index contributed by atoms with van der Waals surface area (Å²) in [5.41, 5.74) is -6.08. The molecule has 1 heterocycles. The lowest BCUT2D eigenvalue weighted by Gasteiger charge is -2.44. The van der Waals surface area contributed by atoms with Gasteiger partial charge in [-0.25, -0.2) is 4.79 Å². The van der Waals surface area contributed by atoms with Crippen molar-refractivity contribution in [2.75, 3.05) is 26.8 Å². The maximum atomic E-state index is 13.7. The fraction of sp³-hybridized carbons (Fsp3) is 0.533. The van der Waals surface area contributed by atoms with Crippen molar-refractivity contribution in [1.29, 1.82) is 0 Å². The molecule has 0 bridgehead atoms. The van der Waals surface area contributed by atoms with E-state index in [0.717, 1.165) is 12.7 Å². The van der Waals surface area contributed by atoms with Gasteiger partial charge in [-0.2, -0.15) is 26.3 Å². The molecule has 1 aliphatic heterocycles. The van der Waals surface area contributed by atoms with Crippen molar-refractivity contribution in [1.82, 2.24) is 4.90 Å². The molecule has 1 amide bonds. The molecule has 0 radical (unpaired) electrons. The van der Waals surface area contributed by atoms with Crippen LogP contribution in [-0.4, -0.2) is 49.4 Å². The Morgan fingerprint density at radius 1 is 0.833 bits per heavy atom. The zero-order valence-corrected chi connectivity index (χ0v) is 24.1. The first kappa shape index (κ1) is 33.2. The number of alkyl halides is 6. The number of halogens is 6. The van der Waals surface area contributed by atoms with Crippen LogP contribution in [0.3, 0.4) is 0 Å². The quantitative estimate of drug-likeness (QED) is 0.243. The van der Waals surface area contributed by atoms with E-state index in [1.165, 1.54) is 6.92 Å². The number of rotatable bonds is 7. The van der Waals surface area contributed by atoms with Crippen molar-refractivity contribution < 1.29 is 50.1 Å². The number of carbonyl (C=O) groups excluding carboxylic acids is 2. The molecule has 1 aliphatic rings. The number of ether oxygens (including phenoxy) is 3. The molecule has 232 valence electrons. The number of benzene rings is 2. The molecule has 6 nitrogen and oxygen atoms in total. The molecule has 1 unspecified atom stereocenters. The number of esters is 1. The van der Waals surface area contributed by atoms with Crippen LogP contribution in [0.15, 0.2) is 48.5 Å². The summed E-state index contributed by atoms with van der Waals surface area (Å²) in [6, 6.07) is 10.3. The predicted molar refractivity (Wildman–Crippen MR) is 142 cm³/mol. The van der Waals surface area contributed by atoms with Gasteiger partial charge >= 0.3 is 24.4 Å². The number of piperidine rings is 1. The van der Waals surface area contributed by atoms with Gasteiger partial charge in [0.25, 0.3) is 0 Å². The highest BCUT2D eigenvalue weighted by molar-refractivity contribution is 5.71. The van der Waals surface area contributed by atoms with Gasteiger partial charge in [-0.15, -0.1) is 0 Å². The van der Waals surface area contributed by atoms with Gasteiger partial charge in [-0.05, 0) is 69.9 Å². The van der Waals surface area contributed by atoms with Crippen LogP contribution in [0.25, 0.3) is 0 Å². The van der Waals surface area contributed by atoms with E-state index >= 15 is 0 Å². The van der Waals surface area contributed by atoms with Crippen LogP contribution in [0.1, 0.15) is 69.2 Å². The standard InChI is InChI=1S/C30H35F6NO5/c1-26(2,3)42-25(39)37-13-11-28(12-14-37,20-9-7-6-8-10-20)19-41-27(4,18-24(38)40-5)21-15-22(29(31,32)33)17-23(16-21)30(34,35)36/h6-10,15-17H,11-14,18-19H2,1-5H3. The normalized spacial score (nSPS) is 17.4. The Morgan fingerprint density at radius 3 is 1.79 bits per heavy atom. The molecule has 0 spiro atoms. The average molecular weight is 604 g/mol. The van der Waals surface area contributed by atoms with E-state index in [0.29, 0.717) is 25.0 Å². The molecule has 12 heteroatoms. The van der Waals surface area contributed by atoms with Gasteiger partial charge in [0.05, 0.1) is 31.3 Å². The van der Waals surface area contributed by atoms with Gasteiger partial charge in [0.15, 0.2) is 0 Å². The first-order valence-corrected chi connectivity index (χ1v) is 13.3. The summed E-state index contributed by atoms with van der Waals surface area (Å²) in [6.45, 7) is 6.88. The molecule has 0 saturated carbocycles. The zero-order valence-electron chi connectivity index (χ0n) is 24.1. The molecule has 1 fully saturated rings. The Bertz CT molecular complexity index is 1220. The molecule has 0 N–H and O–H groups in total. The van der Waals surface area contributed by atoms with Crippen LogP contribution in [0, 0.1) is 0 Å². The lowest BCUT2D eigenvalue weighted by atomic mass is 9.73. The summed E-state index contributed by atoms with van der Waals surface area (Å²) < 4.78 is 98.5. The second-order valence-electron chi connectivity index (χ2n) is 11.7. The Morgan fingerprint density at radius 2 is 1.33 bits per heavy atom. The van der Waals surface area contributed by atoms with E-state index in [1.807, 2.05) is 12.1 Å². The lowest BCUT2D eigenvalue weighted by molar-refractivity contribution is -0.151. The largest absolute Gasteiger partial charge is 0.469 e. The van der Waals surface area contributed by atoms with E-state index < -0.39 is 64.1 Å². The second-order valence-corrected chi connectivity index (χ2v) is 11.7. The third kappa shape index (κ3) is 8.17. The highest BCUT2D eigenvalue weighted by atomic mass is 19.4. The van der Waals surface area contributed by atoms with Gasteiger partial charge in [-0.1, -0.05) is 30.3 Å². The highest BCUT2D eigenvalue weighted by Crippen LogP contribution is 2.43. The fourth-order valence-corrected chi connectivity index (χ4v) is 4.89. The monoisotopic (exact) mass is 603 g/mol. The summed E-state index contributed by atoms with van der Waals surface area (Å²) in [7, 11) is 1.06. The van der Waals surface area contributed by atoms with Gasteiger partial charge in [0.2, 0.25) is 0 Å². The predicted octanol–water partition coefficient (Wildman–Crippen LogP) is 7.49. The highest BCUT2D eigenvalue weighted by Gasteiger charge is 2.44. The number of likely N-dealkylation sites (tertiary alicyclic amines) is 1. The Hall–Kier alpha value is -3.28. The molecular formula is C30H35F6NO5. The van der Waals surface area contributed by atoms with E-state index in [9.17, 15) is 35.9 Å². The van der Waals surface area contributed by atoms with Gasteiger partial charge in [0, 0.05) is 18.5 Å². The van der Waals surface area contributed by atoms with E-state index in [-0.39, 0.29) is 25.8 Å². The Kier molecular flexibility index (Phi) is 9.61. The minimum absolute atomic E-state index is 0.0277. The van der Waals surface area contributed by atoms with Crippen LogP contribution >= 0.6 is 0 Å². The van der Waals surface area contributed by atoms with Crippen LogP contribution in [0.4, 0.5) is 31.1 Å². The topological polar surface area (TPSA) is 65.1 Å². The average Bonchev–Trinajstić information content (AvgIpc) is 2.90. The summed E-state index contributed by atoms with van der Waals surface area (Å²) in [4.78, 5) is 26.6. The third-order valence-electron chi connectivity index (χ3n) is 7.33. The van der Waals surface area contributed by atoms with Crippen LogP contribution in [0.5, 0.6) is 0 Å². The van der Waals surface area contributed by atoms with Gasteiger partial charge in [0.1, 0.15) is 11.2 Å². The Balaban J connectivity index is 2.02.